The number of halogens is 1. The van der Waals surface area contributed by atoms with Crippen LogP contribution < -0.4 is 4.90 Å². The summed E-state index contributed by atoms with van der Waals surface area (Å²) in [7, 11) is 2.19. The van der Waals surface area contributed by atoms with Gasteiger partial charge in [-0.25, -0.2) is 0 Å². The van der Waals surface area contributed by atoms with Crippen LogP contribution in [0.25, 0.3) is 0 Å². The van der Waals surface area contributed by atoms with E-state index < -0.39 is 0 Å². The average Bonchev–Trinajstić information content (AvgIpc) is 2.20. The van der Waals surface area contributed by atoms with Crippen LogP contribution in [0.15, 0.2) is 18.2 Å². The molecule has 2 aliphatic rings. The van der Waals surface area contributed by atoms with Gasteiger partial charge in [0, 0.05) is 31.6 Å². The summed E-state index contributed by atoms with van der Waals surface area (Å²) in [5.41, 5.74) is 3.23. The first-order chi connectivity index (χ1) is 8.79. The number of hydrogen-bond donors (Lipinski definition) is 0. The Kier molecular flexibility index (Phi) is 2.88. The molecule has 1 spiro atoms. The third-order valence-corrected chi connectivity index (χ3v) is 4.72. The minimum absolute atomic E-state index is 0.162. The van der Waals surface area contributed by atoms with Gasteiger partial charge < -0.3 is 9.80 Å². The van der Waals surface area contributed by atoms with Crippen molar-refractivity contribution < 1.29 is 0 Å². The molecule has 2 fully saturated rings. The van der Waals surface area contributed by atoms with Gasteiger partial charge in [0.2, 0.25) is 0 Å². The Balaban J connectivity index is 1.73. The van der Waals surface area contributed by atoms with Crippen LogP contribution in [-0.4, -0.2) is 38.1 Å². The third kappa shape index (κ3) is 2.25. The predicted octanol–water partition coefficient (Wildman–Crippen LogP) is 3.39. The smallest absolute Gasteiger partial charge is 0.0642 e. The van der Waals surface area contributed by atoms with Crippen molar-refractivity contribution in [3.05, 3.63) is 28.8 Å². The molecule has 3 heteroatoms. The summed E-state index contributed by atoms with van der Waals surface area (Å²) in [5, 5.41) is 0.898. The van der Waals surface area contributed by atoms with Crippen molar-refractivity contribution in [3.8, 4) is 0 Å². The van der Waals surface area contributed by atoms with Crippen LogP contribution in [0.4, 0.5) is 5.69 Å². The molecule has 3 rings (SSSR count). The van der Waals surface area contributed by atoms with Crippen molar-refractivity contribution in [1.82, 2.24) is 4.90 Å². The second-order valence-corrected chi connectivity index (χ2v) is 7.85. The molecule has 1 aromatic rings. The molecule has 0 bridgehead atoms. The number of benzene rings is 1. The van der Waals surface area contributed by atoms with Gasteiger partial charge >= 0.3 is 0 Å². The summed E-state index contributed by atoms with van der Waals surface area (Å²) in [6.07, 6.45) is 0. The number of nitrogens with zero attached hydrogens (tertiary/aromatic N) is 2. The lowest BCUT2D eigenvalue weighted by molar-refractivity contribution is -0.00238. The number of rotatable bonds is 1. The van der Waals surface area contributed by atoms with Crippen LogP contribution in [0, 0.1) is 5.41 Å². The maximum atomic E-state index is 6.47. The van der Waals surface area contributed by atoms with Crippen molar-refractivity contribution in [2.45, 2.75) is 26.2 Å². The Bertz CT molecular complexity index is 490. The van der Waals surface area contributed by atoms with Crippen LogP contribution in [0.2, 0.25) is 5.02 Å². The summed E-state index contributed by atoms with van der Waals surface area (Å²) in [6.45, 7) is 11.5. The molecule has 2 nitrogen and oxygen atoms in total. The summed E-state index contributed by atoms with van der Waals surface area (Å²) >= 11 is 6.47. The molecule has 0 aromatic heterocycles. The fourth-order valence-electron chi connectivity index (χ4n) is 3.46. The minimum atomic E-state index is 0.162. The van der Waals surface area contributed by atoms with E-state index in [-0.39, 0.29) is 5.41 Å². The van der Waals surface area contributed by atoms with E-state index in [0.29, 0.717) is 5.41 Å². The Morgan fingerprint density at radius 2 is 1.74 bits per heavy atom. The summed E-state index contributed by atoms with van der Waals surface area (Å²) in [5.74, 6) is 0. The SMILES string of the molecule is CN1CC2(C1)CN(c1ccc(C(C)(C)C)cc1Cl)C2. The lowest BCUT2D eigenvalue weighted by Crippen LogP contribution is -2.71. The van der Waals surface area contributed by atoms with E-state index in [1.165, 1.54) is 24.3 Å². The fraction of sp³-hybridized carbons (Fsp3) is 0.625. The zero-order valence-electron chi connectivity index (χ0n) is 12.3. The average molecular weight is 279 g/mol. The van der Waals surface area contributed by atoms with Crippen molar-refractivity contribution in [1.29, 1.82) is 0 Å². The van der Waals surface area contributed by atoms with Gasteiger partial charge in [0.15, 0.2) is 0 Å². The van der Waals surface area contributed by atoms with Gasteiger partial charge in [-0.15, -0.1) is 0 Å². The molecular weight excluding hydrogens is 256 g/mol. The zero-order valence-corrected chi connectivity index (χ0v) is 13.1. The molecule has 0 radical (unpaired) electrons. The van der Waals surface area contributed by atoms with E-state index in [1.54, 1.807) is 0 Å². The quantitative estimate of drug-likeness (QED) is 0.777. The van der Waals surface area contributed by atoms with Crippen molar-refractivity contribution in [3.63, 3.8) is 0 Å². The highest BCUT2D eigenvalue weighted by Crippen LogP contribution is 2.43. The first kappa shape index (κ1) is 13.3. The van der Waals surface area contributed by atoms with Crippen LogP contribution >= 0.6 is 11.6 Å². The highest BCUT2D eigenvalue weighted by molar-refractivity contribution is 6.33. The van der Waals surface area contributed by atoms with Crippen LogP contribution in [-0.2, 0) is 5.41 Å². The molecule has 0 aliphatic carbocycles. The Morgan fingerprint density at radius 3 is 2.21 bits per heavy atom. The normalized spacial score (nSPS) is 22.3. The number of anilines is 1. The molecule has 0 N–H and O–H groups in total. The monoisotopic (exact) mass is 278 g/mol. The Labute approximate surface area is 121 Å². The van der Waals surface area contributed by atoms with E-state index in [4.69, 9.17) is 11.6 Å². The second kappa shape index (κ2) is 4.13. The van der Waals surface area contributed by atoms with E-state index in [1.807, 2.05) is 0 Å². The molecule has 2 saturated heterocycles. The summed E-state index contributed by atoms with van der Waals surface area (Å²) in [6, 6.07) is 6.55. The third-order valence-electron chi connectivity index (χ3n) is 4.42. The van der Waals surface area contributed by atoms with Gasteiger partial charge in [-0.2, -0.15) is 0 Å². The first-order valence-corrected chi connectivity index (χ1v) is 7.40. The van der Waals surface area contributed by atoms with E-state index in [0.717, 1.165) is 18.1 Å². The topological polar surface area (TPSA) is 6.48 Å². The maximum Gasteiger partial charge on any atom is 0.0642 e. The van der Waals surface area contributed by atoms with Gasteiger partial charge in [0.1, 0.15) is 0 Å². The molecule has 0 amide bonds. The van der Waals surface area contributed by atoms with Gasteiger partial charge in [-0.1, -0.05) is 38.4 Å². The Hall–Kier alpha value is -0.730. The van der Waals surface area contributed by atoms with Gasteiger partial charge in [-0.3, -0.25) is 0 Å². The van der Waals surface area contributed by atoms with Gasteiger partial charge in [0.05, 0.1) is 10.7 Å². The summed E-state index contributed by atoms with van der Waals surface area (Å²) in [4.78, 5) is 4.81. The number of hydrogen-bond acceptors (Lipinski definition) is 2. The molecule has 0 saturated carbocycles. The van der Waals surface area contributed by atoms with Crippen molar-refractivity contribution >= 4 is 17.3 Å². The highest BCUT2D eigenvalue weighted by Gasteiger charge is 2.50. The molecule has 2 aliphatic heterocycles. The lowest BCUT2D eigenvalue weighted by Gasteiger charge is -2.60. The molecule has 1 aromatic carbocycles. The molecular formula is C16H23ClN2. The van der Waals surface area contributed by atoms with Crippen molar-refractivity contribution in [2.75, 3.05) is 38.1 Å². The second-order valence-electron chi connectivity index (χ2n) is 7.44. The van der Waals surface area contributed by atoms with Crippen LogP contribution in [0.5, 0.6) is 0 Å². The van der Waals surface area contributed by atoms with Gasteiger partial charge in [-0.05, 0) is 30.2 Å². The van der Waals surface area contributed by atoms with Crippen LogP contribution in [0.3, 0.4) is 0 Å². The molecule has 19 heavy (non-hydrogen) atoms. The predicted molar refractivity (Wildman–Crippen MR) is 82.3 cm³/mol. The van der Waals surface area contributed by atoms with E-state index in [9.17, 15) is 0 Å². The number of likely N-dealkylation sites (tertiary alicyclic amines) is 1. The summed E-state index contributed by atoms with van der Waals surface area (Å²) < 4.78 is 0. The molecule has 2 heterocycles. The van der Waals surface area contributed by atoms with E-state index >= 15 is 0 Å². The molecule has 104 valence electrons. The Morgan fingerprint density at radius 1 is 1.11 bits per heavy atom. The molecule has 0 unspecified atom stereocenters. The minimum Gasteiger partial charge on any atom is -0.369 e. The first-order valence-electron chi connectivity index (χ1n) is 7.03. The maximum absolute atomic E-state index is 6.47. The van der Waals surface area contributed by atoms with Crippen LogP contribution in [0.1, 0.15) is 26.3 Å². The highest BCUT2D eigenvalue weighted by atomic mass is 35.5. The molecule has 0 atom stereocenters. The zero-order chi connectivity index (χ0) is 13.8. The van der Waals surface area contributed by atoms with E-state index in [2.05, 4.69) is 55.8 Å². The largest absolute Gasteiger partial charge is 0.369 e. The lowest BCUT2D eigenvalue weighted by atomic mass is 9.73. The van der Waals surface area contributed by atoms with Crippen molar-refractivity contribution in [2.24, 2.45) is 5.41 Å². The fourth-order valence-corrected chi connectivity index (χ4v) is 3.76. The van der Waals surface area contributed by atoms with Gasteiger partial charge in [0.25, 0.3) is 0 Å². The standard InChI is InChI=1S/C16H23ClN2/c1-15(2,3)12-5-6-14(13(17)7-12)19-10-16(11-19)8-18(4)9-16/h5-7H,8-11H2,1-4H3.